The van der Waals surface area contributed by atoms with Gasteiger partial charge in [0.15, 0.2) is 0 Å². The normalized spacial score (nSPS) is 43.0. The van der Waals surface area contributed by atoms with Crippen molar-refractivity contribution in [3.63, 3.8) is 0 Å². The zero-order chi connectivity index (χ0) is 11.9. The first-order chi connectivity index (χ1) is 8.19. The van der Waals surface area contributed by atoms with Crippen LogP contribution in [0.25, 0.3) is 0 Å². The second kappa shape index (κ2) is 4.40. The van der Waals surface area contributed by atoms with E-state index in [0.29, 0.717) is 11.2 Å². The van der Waals surface area contributed by atoms with E-state index in [9.17, 15) is 4.79 Å². The van der Waals surface area contributed by atoms with Crippen molar-refractivity contribution in [2.75, 3.05) is 0 Å². The molecular formula is C16H26O. The van der Waals surface area contributed by atoms with Crippen LogP contribution in [0.15, 0.2) is 0 Å². The minimum absolute atomic E-state index is 0.517. The molecule has 4 aliphatic rings. The topological polar surface area (TPSA) is 17.1 Å². The molecule has 0 saturated heterocycles. The molecule has 17 heavy (non-hydrogen) atoms. The van der Waals surface area contributed by atoms with E-state index in [4.69, 9.17) is 0 Å². The largest absolute Gasteiger partial charge is 0.300 e. The van der Waals surface area contributed by atoms with Crippen LogP contribution < -0.4 is 0 Å². The predicted octanol–water partition coefficient (Wildman–Crippen LogP) is 4.35. The van der Waals surface area contributed by atoms with E-state index in [1.807, 2.05) is 0 Å². The van der Waals surface area contributed by atoms with Crippen LogP contribution in [0, 0.1) is 23.2 Å². The summed E-state index contributed by atoms with van der Waals surface area (Å²) in [6.07, 6.45) is 12.9. The van der Waals surface area contributed by atoms with Gasteiger partial charge in [0.2, 0.25) is 0 Å². The third kappa shape index (κ3) is 2.30. The van der Waals surface area contributed by atoms with E-state index in [-0.39, 0.29) is 0 Å². The molecule has 0 spiro atoms. The van der Waals surface area contributed by atoms with Gasteiger partial charge in [-0.05, 0) is 74.5 Å². The maximum Gasteiger partial charge on any atom is 0.132 e. The van der Waals surface area contributed by atoms with Crippen LogP contribution in [0.3, 0.4) is 0 Å². The first kappa shape index (κ1) is 11.7. The molecule has 96 valence electrons. The Morgan fingerprint density at radius 2 is 1.53 bits per heavy atom. The lowest BCUT2D eigenvalue weighted by atomic mass is 9.48. The van der Waals surface area contributed by atoms with Crippen molar-refractivity contribution >= 4 is 5.78 Å². The van der Waals surface area contributed by atoms with Crippen LogP contribution in [0.5, 0.6) is 0 Å². The lowest BCUT2D eigenvalue weighted by molar-refractivity contribution is -0.121. The van der Waals surface area contributed by atoms with Crippen molar-refractivity contribution in [2.45, 2.75) is 71.1 Å². The molecule has 0 heterocycles. The van der Waals surface area contributed by atoms with Gasteiger partial charge in [0.1, 0.15) is 5.78 Å². The average molecular weight is 234 g/mol. The highest BCUT2D eigenvalue weighted by molar-refractivity contribution is 5.78. The van der Waals surface area contributed by atoms with E-state index < -0.39 is 0 Å². The van der Waals surface area contributed by atoms with Crippen molar-refractivity contribution in [3.8, 4) is 0 Å². The van der Waals surface area contributed by atoms with E-state index >= 15 is 0 Å². The monoisotopic (exact) mass is 234 g/mol. The summed E-state index contributed by atoms with van der Waals surface area (Å²) in [5.41, 5.74) is 0.609. The Kier molecular flexibility index (Phi) is 3.04. The maximum atomic E-state index is 11.7. The van der Waals surface area contributed by atoms with Crippen molar-refractivity contribution < 1.29 is 4.79 Å². The van der Waals surface area contributed by atoms with Crippen LogP contribution in [-0.4, -0.2) is 5.78 Å². The highest BCUT2D eigenvalue weighted by Crippen LogP contribution is 2.61. The smallest absolute Gasteiger partial charge is 0.132 e. The first-order valence-corrected chi connectivity index (χ1v) is 7.71. The molecule has 0 radical (unpaired) electrons. The minimum atomic E-state index is 0.517. The van der Waals surface area contributed by atoms with E-state index in [2.05, 4.69) is 6.92 Å². The number of Topliss-reactive ketones (excluding diaryl/α,β-unsaturated/α-hetero) is 1. The molecule has 4 rings (SSSR count). The number of ketones is 1. The van der Waals surface area contributed by atoms with E-state index in [1.165, 1.54) is 44.9 Å². The zero-order valence-electron chi connectivity index (χ0n) is 11.2. The summed E-state index contributed by atoms with van der Waals surface area (Å²) >= 11 is 0. The van der Waals surface area contributed by atoms with Gasteiger partial charge in [-0.25, -0.2) is 0 Å². The van der Waals surface area contributed by atoms with Crippen molar-refractivity contribution in [1.29, 1.82) is 0 Å². The SMILES string of the molecule is CCCC(=O)CCC12CC3CC(CC(C3)C1)C2. The Morgan fingerprint density at radius 3 is 2.00 bits per heavy atom. The molecule has 4 saturated carbocycles. The molecule has 0 N–H and O–H groups in total. The molecule has 4 fully saturated rings. The summed E-state index contributed by atoms with van der Waals surface area (Å²) < 4.78 is 0. The van der Waals surface area contributed by atoms with Crippen LogP contribution >= 0.6 is 0 Å². The third-order valence-electron chi connectivity index (χ3n) is 5.63. The van der Waals surface area contributed by atoms with Gasteiger partial charge in [0, 0.05) is 12.8 Å². The second-order valence-electron chi connectivity index (χ2n) is 7.21. The highest BCUT2D eigenvalue weighted by Gasteiger charge is 2.50. The molecule has 4 aliphatic carbocycles. The quantitative estimate of drug-likeness (QED) is 0.691. The second-order valence-corrected chi connectivity index (χ2v) is 7.21. The molecule has 4 bridgehead atoms. The van der Waals surface area contributed by atoms with E-state index in [1.54, 1.807) is 0 Å². The van der Waals surface area contributed by atoms with Gasteiger partial charge in [-0.2, -0.15) is 0 Å². The summed E-state index contributed by atoms with van der Waals surface area (Å²) in [6.45, 7) is 2.11. The molecule has 0 unspecified atom stereocenters. The standard InChI is InChI=1S/C16H26O/c1-2-3-15(17)4-5-16-9-12-6-13(10-16)8-14(7-12)11-16/h12-14H,2-11H2,1H3. The molecule has 0 aromatic carbocycles. The van der Waals surface area contributed by atoms with Gasteiger partial charge in [0.25, 0.3) is 0 Å². The van der Waals surface area contributed by atoms with Gasteiger partial charge in [0.05, 0.1) is 0 Å². The Hall–Kier alpha value is -0.330. The lowest BCUT2D eigenvalue weighted by Crippen LogP contribution is -2.46. The van der Waals surface area contributed by atoms with Gasteiger partial charge in [-0.15, -0.1) is 0 Å². The van der Waals surface area contributed by atoms with E-state index in [0.717, 1.165) is 37.0 Å². The predicted molar refractivity (Wildman–Crippen MR) is 69.8 cm³/mol. The Morgan fingerprint density at radius 1 is 1.00 bits per heavy atom. The van der Waals surface area contributed by atoms with Gasteiger partial charge >= 0.3 is 0 Å². The minimum Gasteiger partial charge on any atom is -0.300 e. The van der Waals surface area contributed by atoms with Gasteiger partial charge in [-0.1, -0.05) is 6.92 Å². The van der Waals surface area contributed by atoms with Crippen molar-refractivity contribution in [3.05, 3.63) is 0 Å². The van der Waals surface area contributed by atoms with Crippen LogP contribution in [-0.2, 0) is 4.79 Å². The molecule has 0 aromatic rings. The number of carbonyl (C=O) groups excluding carboxylic acids is 1. The fourth-order valence-electron chi connectivity index (χ4n) is 5.40. The first-order valence-electron chi connectivity index (χ1n) is 7.71. The molecule has 0 aromatic heterocycles. The van der Waals surface area contributed by atoms with Crippen LogP contribution in [0.2, 0.25) is 0 Å². The molecule has 1 heteroatoms. The third-order valence-corrected chi connectivity index (χ3v) is 5.63. The summed E-state index contributed by atoms with van der Waals surface area (Å²) in [6, 6.07) is 0. The molecule has 0 aliphatic heterocycles. The molecular weight excluding hydrogens is 208 g/mol. The molecule has 1 nitrogen and oxygen atoms in total. The number of rotatable bonds is 5. The summed E-state index contributed by atoms with van der Waals surface area (Å²) in [5, 5.41) is 0. The lowest BCUT2D eigenvalue weighted by Gasteiger charge is -2.57. The number of carbonyl (C=O) groups is 1. The highest BCUT2D eigenvalue weighted by atomic mass is 16.1. The number of hydrogen-bond donors (Lipinski definition) is 0. The fraction of sp³-hybridized carbons (Fsp3) is 0.938. The average Bonchev–Trinajstić information content (AvgIpc) is 2.25. The fourth-order valence-corrected chi connectivity index (χ4v) is 5.40. The zero-order valence-corrected chi connectivity index (χ0v) is 11.2. The van der Waals surface area contributed by atoms with Crippen molar-refractivity contribution in [1.82, 2.24) is 0 Å². The van der Waals surface area contributed by atoms with Crippen LogP contribution in [0.1, 0.15) is 71.1 Å². The van der Waals surface area contributed by atoms with Crippen molar-refractivity contribution in [2.24, 2.45) is 23.2 Å². The van der Waals surface area contributed by atoms with Crippen LogP contribution in [0.4, 0.5) is 0 Å². The Balaban J connectivity index is 1.60. The Labute approximate surface area is 105 Å². The Bertz CT molecular complexity index is 269. The molecule has 0 atom stereocenters. The summed E-state index contributed by atoms with van der Waals surface area (Å²) in [4.78, 5) is 11.7. The van der Waals surface area contributed by atoms with Gasteiger partial charge < -0.3 is 0 Å². The maximum absolute atomic E-state index is 11.7. The summed E-state index contributed by atoms with van der Waals surface area (Å²) in [5.74, 6) is 3.61. The van der Waals surface area contributed by atoms with Gasteiger partial charge in [-0.3, -0.25) is 4.79 Å². The molecule has 0 amide bonds. The summed E-state index contributed by atoms with van der Waals surface area (Å²) in [7, 11) is 0. The number of hydrogen-bond acceptors (Lipinski definition) is 1.